The highest BCUT2D eigenvalue weighted by atomic mass is 19.1. The van der Waals surface area contributed by atoms with Crippen molar-refractivity contribution in [3.63, 3.8) is 0 Å². The first-order chi connectivity index (χ1) is 8.65. The van der Waals surface area contributed by atoms with E-state index in [-0.39, 0.29) is 0 Å². The van der Waals surface area contributed by atoms with E-state index in [1.54, 1.807) is 23.1 Å². The summed E-state index contributed by atoms with van der Waals surface area (Å²) in [6, 6.07) is 7.01. The Labute approximate surface area is 103 Å². The number of halogens is 1. The van der Waals surface area contributed by atoms with Gasteiger partial charge >= 0.3 is 0 Å². The summed E-state index contributed by atoms with van der Waals surface area (Å²) in [5, 5.41) is 6.36. The van der Waals surface area contributed by atoms with E-state index >= 15 is 0 Å². The van der Waals surface area contributed by atoms with Crippen LogP contribution in [0.5, 0.6) is 0 Å². The first-order valence-corrected chi connectivity index (χ1v) is 5.22. The number of hydrogen-bond donors (Lipinski definition) is 1. The monoisotopic (exact) mass is 246 g/mol. The molecule has 0 radical (unpaired) electrons. The smallest absolute Gasteiger partial charge is 0.283 e. The van der Waals surface area contributed by atoms with Crippen molar-refractivity contribution in [1.82, 2.24) is 14.8 Å². The van der Waals surface area contributed by atoms with Crippen molar-refractivity contribution in [2.45, 2.75) is 6.54 Å². The third-order valence-corrected chi connectivity index (χ3v) is 2.27. The summed E-state index contributed by atoms with van der Waals surface area (Å²) in [4.78, 5) is 14.9. The van der Waals surface area contributed by atoms with Gasteiger partial charge in [0.2, 0.25) is 0 Å². The fourth-order valence-corrected chi connectivity index (χ4v) is 1.39. The molecular weight excluding hydrogens is 235 g/mol. The highest BCUT2D eigenvalue weighted by Gasteiger charge is 2.05. The maximum Gasteiger partial charge on any atom is 0.283 e. The lowest BCUT2D eigenvalue weighted by Crippen LogP contribution is -2.11. The molecule has 0 fully saturated rings. The Morgan fingerprint density at radius 2 is 2.11 bits per heavy atom. The quantitative estimate of drug-likeness (QED) is 0.836. The van der Waals surface area contributed by atoms with Crippen molar-refractivity contribution in [3.05, 3.63) is 54.9 Å². The number of nitrogens with one attached hydrogen (secondary N) is 1. The van der Waals surface area contributed by atoms with Gasteiger partial charge in [-0.25, -0.2) is 14.1 Å². The topological polar surface area (TPSA) is 59.8 Å². The summed E-state index contributed by atoms with van der Waals surface area (Å²) in [7, 11) is 0. The summed E-state index contributed by atoms with van der Waals surface area (Å²) < 4.78 is 14.2. The van der Waals surface area contributed by atoms with Gasteiger partial charge in [0.05, 0.1) is 6.54 Å². The molecule has 0 aliphatic heterocycles. The van der Waals surface area contributed by atoms with E-state index in [1.165, 1.54) is 6.33 Å². The van der Waals surface area contributed by atoms with Crippen molar-refractivity contribution in [2.75, 3.05) is 5.32 Å². The SMILES string of the molecule is C=C(F)C(=O)Nc1ccc(Cn2cncn2)cc1. The molecule has 1 heterocycles. The molecule has 1 N–H and O–H groups in total. The third kappa shape index (κ3) is 3.00. The van der Waals surface area contributed by atoms with Crippen LogP contribution in [0.3, 0.4) is 0 Å². The van der Waals surface area contributed by atoms with Gasteiger partial charge in [0, 0.05) is 5.69 Å². The molecule has 0 atom stereocenters. The number of hydrogen-bond acceptors (Lipinski definition) is 3. The molecule has 92 valence electrons. The molecule has 0 aliphatic rings. The average Bonchev–Trinajstić information content (AvgIpc) is 2.84. The highest BCUT2D eigenvalue weighted by molar-refractivity contribution is 6.01. The maximum absolute atomic E-state index is 12.5. The van der Waals surface area contributed by atoms with Crippen molar-refractivity contribution in [2.24, 2.45) is 0 Å². The number of carbonyl (C=O) groups is 1. The van der Waals surface area contributed by atoms with Crippen molar-refractivity contribution in [1.29, 1.82) is 0 Å². The van der Waals surface area contributed by atoms with Gasteiger partial charge in [-0.05, 0) is 17.7 Å². The fraction of sp³-hybridized carbons (Fsp3) is 0.0833. The summed E-state index contributed by atoms with van der Waals surface area (Å²) in [5.41, 5.74) is 1.51. The third-order valence-electron chi connectivity index (χ3n) is 2.27. The zero-order valence-electron chi connectivity index (χ0n) is 9.51. The number of aromatic nitrogens is 3. The Balaban J connectivity index is 2.01. The molecule has 1 amide bonds. The zero-order valence-corrected chi connectivity index (χ0v) is 9.51. The molecule has 2 rings (SSSR count). The molecular formula is C12H11FN4O. The number of nitrogens with zero attached hydrogens (tertiary/aromatic N) is 3. The number of rotatable bonds is 4. The van der Waals surface area contributed by atoms with E-state index in [1.807, 2.05) is 12.1 Å². The lowest BCUT2D eigenvalue weighted by Gasteiger charge is -2.05. The van der Waals surface area contributed by atoms with Crippen LogP contribution in [-0.2, 0) is 11.3 Å². The summed E-state index contributed by atoms with van der Waals surface area (Å²) in [6.07, 6.45) is 3.07. The van der Waals surface area contributed by atoms with Crippen LogP contribution in [0.2, 0.25) is 0 Å². The maximum atomic E-state index is 12.5. The van der Waals surface area contributed by atoms with Gasteiger partial charge in [-0.1, -0.05) is 18.7 Å². The largest absolute Gasteiger partial charge is 0.320 e. The van der Waals surface area contributed by atoms with Gasteiger partial charge in [0.25, 0.3) is 5.91 Å². The minimum absolute atomic E-state index is 0.515. The Kier molecular flexibility index (Phi) is 3.47. The van der Waals surface area contributed by atoms with E-state index in [2.05, 4.69) is 22.0 Å². The second-order valence-electron chi connectivity index (χ2n) is 3.65. The Morgan fingerprint density at radius 3 is 2.67 bits per heavy atom. The van der Waals surface area contributed by atoms with Gasteiger partial charge in [-0.3, -0.25) is 4.79 Å². The lowest BCUT2D eigenvalue weighted by molar-refractivity contribution is -0.114. The van der Waals surface area contributed by atoms with Crippen LogP contribution in [-0.4, -0.2) is 20.7 Å². The Morgan fingerprint density at radius 1 is 1.39 bits per heavy atom. The van der Waals surface area contributed by atoms with Gasteiger partial charge < -0.3 is 5.32 Å². The first-order valence-electron chi connectivity index (χ1n) is 5.22. The molecule has 6 heteroatoms. The molecule has 0 saturated carbocycles. The Bertz CT molecular complexity index is 548. The highest BCUT2D eigenvalue weighted by Crippen LogP contribution is 2.11. The average molecular weight is 246 g/mol. The van der Waals surface area contributed by atoms with Gasteiger partial charge in [0.1, 0.15) is 12.7 Å². The van der Waals surface area contributed by atoms with Crippen molar-refractivity contribution in [3.8, 4) is 0 Å². The fourth-order valence-electron chi connectivity index (χ4n) is 1.39. The molecule has 0 aliphatic carbocycles. The van der Waals surface area contributed by atoms with Crippen molar-refractivity contribution >= 4 is 11.6 Å². The summed E-state index contributed by atoms with van der Waals surface area (Å²) in [6.45, 7) is 3.51. The Hall–Kier alpha value is -2.50. The van der Waals surface area contributed by atoms with Crippen LogP contribution >= 0.6 is 0 Å². The van der Waals surface area contributed by atoms with E-state index < -0.39 is 11.7 Å². The van der Waals surface area contributed by atoms with E-state index in [4.69, 9.17) is 0 Å². The lowest BCUT2D eigenvalue weighted by atomic mass is 10.2. The van der Waals surface area contributed by atoms with Gasteiger partial charge in [-0.2, -0.15) is 5.10 Å². The zero-order chi connectivity index (χ0) is 13.0. The minimum atomic E-state index is -1.01. The molecule has 0 unspecified atom stereocenters. The molecule has 2 aromatic rings. The molecule has 0 bridgehead atoms. The second-order valence-corrected chi connectivity index (χ2v) is 3.65. The van der Waals surface area contributed by atoms with Crippen LogP contribution in [0, 0.1) is 0 Å². The molecule has 0 saturated heterocycles. The standard InChI is InChI=1S/C12H11FN4O/c1-9(13)12(18)16-11-4-2-10(3-5-11)6-17-8-14-7-15-17/h2-5,7-8H,1,6H2,(H,16,18). The predicted molar refractivity (Wildman–Crippen MR) is 64.4 cm³/mol. The van der Waals surface area contributed by atoms with Crippen LogP contribution in [0.1, 0.15) is 5.56 Å². The minimum Gasteiger partial charge on any atom is -0.320 e. The molecule has 18 heavy (non-hydrogen) atoms. The van der Waals surface area contributed by atoms with E-state index in [0.717, 1.165) is 5.56 Å². The summed E-state index contributed by atoms with van der Waals surface area (Å²) in [5.74, 6) is -1.85. The first kappa shape index (κ1) is 12.0. The number of carbonyl (C=O) groups excluding carboxylic acids is 1. The molecule has 0 spiro atoms. The van der Waals surface area contributed by atoms with Crippen LogP contribution in [0.25, 0.3) is 0 Å². The normalized spacial score (nSPS) is 10.1. The van der Waals surface area contributed by atoms with Gasteiger partial charge in [0.15, 0.2) is 5.83 Å². The van der Waals surface area contributed by atoms with Crippen LogP contribution < -0.4 is 5.32 Å². The predicted octanol–water partition coefficient (Wildman–Crippen LogP) is 1.75. The molecule has 1 aromatic heterocycles. The van der Waals surface area contributed by atoms with E-state index in [0.29, 0.717) is 12.2 Å². The van der Waals surface area contributed by atoms with Crippen LogP contribution in [0.4, 0.5) is 10.1 Å². The molecule has 1 aromatic carbocycles. The second kappa shape index (κ2) is 5.22. The number of amides is 1. The van der Waals surface area contributed by atoms with Crippen LogP contribution in [0.15, 0.2) is 49.3 Å². The number of anilines is 1. The van der Waals surface area contributed by atoms with Gasteiger partial charge in [-0.15, -0.1) is 0 Å². The van der Waals surface area contributed by atoms with Crippen molar-refractivity contribution < 1.29 is 9.18 Å². The van der Waals surface area contributed by atoms with E-state index in [9.17, 15) is 9.18 Å². The summed E-state index contributed by atoms with van der Waals surface area (Å²) >= 11 is 0. The number of benzene rings is 1. The molecule has 5 nitrogen and oxygen atoms in total.